The van der Waals surface area contributed by atoms with Gasteiger partial charge in [0.25, 0.3) is 0 Å². The monoisotopic (exact) mass is 702 g/mol. The number of hydrogen-bond donors (Lipinski definition) is 18. The average molecular weight is 703 g/mol. The molecular weight excluding hydrogens is 656 g/mol. The van der Waals surface area contributed by atoms with E-state index in [-0.39, 0.29) is 6.61 Å². The summed E-state index contributed by atoms with van der Waals surface area (Å²) < 4.78 is 24.6. The highest BCUT2D eigenvalue weighted by Gasteiger charge is 2.58. The topological polar surface area (TPSA) is 410 Å². The van der Waals surface area contributed by atoms with Crippen LogP contribution in [-0.4, -0.2) is 241 Å². The molecule has 0 aliphatic carbocycles. The van der Waals surface area contributed by atoms with Crippen molar-refractivity contribution in [3.05, 3.63) is 0 Å². The summed E-state index contributed by atoms with van der Waals surface area (Å²) in [5.74, 6) is -4.39. The number of hydrogen-bond acceptors (Lipinski definition) is 23. The lowest BCUT2D eigenvalue weighted by molar-refractivity contribution is -0.383. The van der Waals surface area contributed by atoms with E-state index in [9.17, 15) is 35.7 Å². The first-order chi connectivity index (χ1) is 21.9. The molecule has 0 saturated carbocycles. The van der Waals surface area contributed by atoms with Gasteiger partial charge in [-0.1, -0.05) is 0 Å². The first-order valence-corrected chi connectivity index (χ1v) is 14.1. The quantitative estimate of drug-likeness (QED) is 0.117. The minimum absolute atomic E-state index is 0.324. The Kier molecular flexibility index (Phi) is 16.0. The summed E-state index contributed by atoms with van der Waals surface area (Å²) in [5, 5.41) is 166. The van der Waals surface area contributed by atoms with E-state index in [0.29, 0.717) is 0 Å². The molecule has 4 heterocycles. The van der Waals surface area contributed by atoms with Crippen LogP contribution in [0.3, 0.4) is 0 Å². The van der Waals surface area contributed by atoms with Crippen LogP contribution >= 0.6 is 0 Å². The molecule has 23 heteroatoms. The normalized spacial score (nSPS) is 50.2. The van der Waals surface area contributed by atoms with Gasteiger partial charge < -0.3 is 116 Å². The van der Waals surface area contributed by atoms with Gasteiger partial charge in [0.2, 0.25) is 11.6 Å². The second-order valence-corrected chi connectivity index (χ2v) is 11.1. The van der Waals surface area contributed by atoms with Gasteiger partial charge in [-0.3, -0.25) is 0 Å². The summed E-state index contributed by atoms with van der Waals surface area (Å²) in [6.07, 6.45) is -24.1. The molecular formula is C24H46O23. The lowest BCUT2D eigenvalue weighted by Gasteiger charge is -2.43. The van der Waals surface area contributed by atoms with E-state index in [2.05, 4.69) is 9.47 Å². The second-order valence-electron chi connectivity index (χ2n) is 11.1. The summed E-state index contributed by atoms with van der Waals surface area (Å²) >= 11 is 0. The van der Waals surface area contributed by atoms with E-state index in [4.69, 9.17) is 70.4 Å². The van der Waals surface area contributed by atoms with Gasteiger partial charge in [0, 0.05) is 0 Å². The maximum absolute atomic E-state index is 10.00. The van der Waals surface area contributed by atoms with Gasteiger partial charge in [-0.05, 0) is 0 Å². The first kappa shape index (κ1) is 42.2. The molecule has 0 aromatic rings. The van der Waals surface area contributed by atoms with Crippen LogP contribution in [0.25, 0.3) is 0 Å². The maximum Gasteiger partial charge on any atom is 0.224 e. The molecule has 0 spiro atoms. The van der Waals surface area contributed by atoms with Crippen LogP contribution in [0.1, 0.15) is 0 Å². The van der Waals surface area contributed by atoms with E-state index in [1.807, 2.05) is 0 Å². The zero-order valence-corrected chi connectivity index (χ0v) is 24.6. The molecule has 0 radical (unpaired) electrons. The molecule has 4 aliphatic rings. The zero-order chi connectivity index (χ0) is 36.0. The molecule has 4 rings (SSSR count). The van der Waals surface area contributed by atoms with E-state index in [1.54, 1.807) is 0 Å². The Morgan fingerprint density at radius 2 is 1.04 bits per heavy atom. The fourth-order valence-electron chi connectivity index (χ4n) is 4.74. The van der Waals surface area contributed by atoms with Gasteiger partial charge in [-0.15, -0.1) is 0 Å². The maximum atomic E-state index is 10.00. The zero-order valence-electron chi connectivity index (χ0n) is 24.6. The second kappa shape index (κ2) is 17.8. The van der Waals surface area contributed by atoms with Gasteiger partial charge in [0.05, 0.1) is 33.0 Å². The van der Waals surface area contributed by atoms with E-state index >= 15 is 0 Å². The van der Waals surface area contributed by atoms with Crippen LogP contribution in [-0.2, 0) is 23.7 Å². The minimum atomic E-state index is -2.22. The van der Waals surface area contributed by atoms with Gasteiger partial charge >= 0.3 is 0 Å². The molecule has 47 heavy (non-hydrogen) atoms. The minimum Gasteiger partial charge on any atom is -0.394 e. The van der Waals surface area contributed by atoms with Crippen LogP contribution in [0.2, 0.25) is 0 Å². The summed E-state index contributed by atoms with van der Waals surface area (Å²) in [4.78, 5) is 0. The molecule has 23 nitrogen and oxygen atoms in total. The third-order valence-corrected chi connectivity index (χ3v) is 7.85. The lowest BCUT2D eigenvalue weighted by atomic mass is 9.98. The highest BCUT2D eigenvalue weighted by molar-refractivity contribution is 4.98. The Hall–Kier alpha value is -0.920. The molecule has 4 fully saturated rings. The molecule has 0 aromatic heterocycles. The summed E-state index contributed by atoms with van der Waals surface area (Å²) in [7, 11) is 0. The van der Waals surface area contributed by atoms with Crippen molar-refractivity contribution in [2.75, 3.05) is 39.6 Å². The number of aliphatic hydroxyl groups excluding tert-OH is 17. The molecule has 5 unspecified atom stereocenters. The van der Waals surface area contributed by atoms with Crippen LogP contribution in [0.15, 0.2) is 0 Å². The van der Waals surface area contributed by atoms with Crippen LogP contribution in [0.5, 0.6) is 0 Å². The van der Waals surface area contributed by atoms with Crippen LogP contribution in [0.4, 0.5) is 0 Å². The van der Waals surface area contributed by atoms with Crippen molar-refractivity contribution in [3.63, 3.8) is 0 Å². The highest BCUT2D eigenvalue weighted by Crippen LogP contribution is 2.36. The summed E-state index contributed by atoms with van der Waals surface area (Å²) in [6, 6.07) is 0. The van der Waals surface area contributed by atoms with E-state index < -0.39 is 143 Å². The van der Waals surface area contributed by atoms with Gasteiger partial charge in [0.15, 0.2) is 12.6 Å². The number of aliphatic hydroxyl groups is 18. The van der Waals surface area contributed by atoms with Crippen molar-refractivity contribution >= 4 is 0 Å². The van der Waals surface area contributed by atoms with Crippen molar-refractivity contribution in [3.8, 4) is 0 Å². The van der Waals surface area contributed by atoms with E-state index in [0.717, 1.165) is 0 Å². The van der Waals surface area contributed by atoms with E-state index in [1.165, 1.54) is 0 Å². The number of ether oxygens (including phenoxy) is 5. The predicted molar refractivity (Wildman–Crippen MR) is 141 cm³/mol. The Bertz CT molecular complexity index is 913. The summed E-state index contributed by atoms with van der Waals surface area (Å²) in [5.41, 5.74) is 0. The van der Waals surface area contributed by atoms with Crippen molar-refractivity contribution in [1.82, 2.24) is 0 Å². The standard InChI is InChI=1S/C12H22O11.2C6H12O6/c13-1-4-6(16)8(18)9(19)11(21-4)23-12(3-15)10(20)7(17)5(2-14)22-12;7-2-6(11)5(10)4(9)3(8)1-12-6;7-1-2-3(8)4(9)5(10)6(11)12-2/h4-11,13-20H,1-3H2;3-5,7-11H,1-2H2;2-11H,1H2/t4?,5-,6-,7?,8?,9?,10?,11-,12+;3-,4-,5+,6-;2-,3-,4+,5-,6+/m111/s1. The molecule has 18 N–H and O–H groups in total. The Labute approximate surface area is 265 Å². The number of rotatable bonds is 7. The summed E-state index contributed by atoms with van der Waals surface area (Å²) in [6.45, 7) is -4.01. The van der Waals surface area contributed by atoms with Crippen LogP contribution < -0.4 is 0 Å². The average Bonchev–Trinajstić information content (AvgIpc) is 3.31. The van der Waals surface area contributed by atoms with Crippen molar-refractivity contribution in [2.45, 2.75) is 110 Å². The fourth-order valence-corrected chi connectivity index (χ4v) is 4.74. The third-order valence-electron chi connectivity index (χ3n) is 7.85. The van der Waals surface area contributed by atoms with Crippen molar-refractivity contribution in [2.24, 2.45) is 0 Å². The lowest BCUT2D eigenvalue weighted by Crippen LogP contribution is -2.62. The SMILES string of the molecule is OCC1O[C@H](O[C@]2(CO)O[C@H](CO)C(O)C2O)C(O)C(O)[C@@H]1O.OC[C@@]1(O)OC[C@@H](O)[C@@H](O)[C@@H]1O.OC[C@H]1O[C@H](O)[C@H](O)[C@@H](O)[C@@H]1O. The molecule has 280 valence electrons. The Balaban J connectivity index is 0.000000270. The molecule has 18 atom stereocenters. The van der Waals surface area contributed by atoms with Crippen LogP contribution in [0, 0.1) is 0 Å². The van der Waals surface area contributed by atoms with Gasteiger partial charge in [-0.2, -0.15) is 0 Å². The van der Waals surface area contributed by atoms with Crippen molar-refractivity contribution in [1.29, 1.82) is 0 Å². The third kappa shape index (κ3) is 9.25. The highest BCUT2D eigenvalue weighted by atomic mass is 16.8. The smallest absolute Gasteiger partial charge is 0.224 e. The van der Waals surface area contributed by atoms with Crippen molar-refractivity contribution < 1.29 is 116 Å². The molecule has 4 aliphatic heterocycles. The Morgan fingerprint density at radius 3 is 1.51 bits per heavy atom. The molecule has 0 aromatic carbocycles. The predicted octanol–water partition coefficient (Wildman–Crippen LogP) is -11.8. The van der Waals surface area contributed by atoms with Gasteiger partial charge in [-0.25, -0.2) is 0 Å². The molecule has 0 amide bonds. The Morgan fingerprint density at radius 1 is 0.532 bits per heavy atom. The largest absolute Gasteiger partial charge is 0.394 e. The first-order valence-electron chi connectivity index (χ1n) is 14.1. The molecule has 0 bridgehead atoms. The van der Waals surface area contributed by atoms with Gasteiger partial charge in [0.1, 0.15) is 92.1 Å². The fraction of sp³-hybridized carbons (Fsp3) is 1.00. The molecule has 4 saturated heterocycles.